The molecular weight excluding hydrogens is 622 g/mol. The molecule has 4 rings (SSSR count). The van der Waals surface area contributed by atoms with Gasteiger partial charge in [-0.25, -0.2) is 17.6 Å². The van der Waals surface area contributed by atoms with E-state index in [0.29, 0.717) is 39.9 Å². The number of sulfonamides is 1. The molecule has 236 valence electrons. The minimum absolute atomic E-state index is 0.0362. The standard InChI is InChI=1S/C27H30ClF4N3O7S/c1-25(2,27(30,31)32)42-24(37)34-16-4-7-22-21(12-16)35(43(38,39)18-5-6-20(29)19(28)13-18)15-17(41-22)14-33-23(36)26(3)8-10-40-11-9-26/h4-7,12-13,17H,8-11,14-15H2,1-3H3,(H,33,36)(H,34,37). The van der Waals surface area contributed by atoms with Crippen LogP contribution in [-0.2, 0) is 24.3 Å². The van der Waals surface area contributed by atoms with E-state index >= 15 is 0 Å². The summed E-state index contributed by atoms with van der Waals surface area (Å²) < 4.78 is 97.7. The van der Waals surface area contributed by atoms with E-state index in [1.54, 1.807) is 0 Å². The Morgan fingerprint density at radius 1 is 1.14 bits per heavy atom. The molecule has 0 radical (unpaired) electrons. The predicted octanol–water partition coefficient (Wildman–Crippen LogP) is 5.26. The summed E-state index contributed by atoms with van der Waals surface area (Å²) in [7, 11) is -4.43. The van der Waals surface area contributed by atoms with Crippen LogP contribution in [0.5, 0.6) is 5.75 Å². The van der Waals surface area contributed by atoms with Crippen LogP contribution in [0.1, 0.15) is 33.6 Å². The molecular formula is C27H30ClF4N3O7S. The number of hydrogen-bond acceptors (Lipinski definition) is 7. The van der Waals surface area contributed by atoms with Crippen LogP contribution in [-0.4, -0.2) is 64.6 Å². The maximum atomic E-state index is 13.8. The lowest BCUT2D eigenvalue weighted by Crippen LogP contribution is -2.51. The van der Waals surface area contributed by atoms with E-state index in [-0.39, 0.29) is 41.0 Å². The number of nitrogens with one attached hydrogen (secondary N) is 2. The SMILES string of the molecule is CC1(C(=O)NCC2CN(S(=O)(=O)c3ccc(F)c(Cl)c3)c3cc(NC(=O)OC(C)(C)C(F)(F)F)ccc3O2)CCOCC1. The number of amides is 2. The molecule has 1 unspecified atom stereocenters. The average Bonchev–Trinajstić information content (AvgIpc) is 2.92. The van der Waals surface area contributed by atoms with Crippen molar-refractivity contribution in [2.75, 3.05) is 35.9 Å². The molecule has 2 aliphatic rings. The third-order valence-electron chi connectivity index (χ3n) is 7.28. The average molecular weight is 652 g/mol. The number of carbonyl (C=O) groups is 2. The van der Waals surface area contributed by atoms with Gasteiger partial charge in [-0.1, -0.05) is 18.5 Å². The van der Waals surface area contributed by atoms with Gasteiger partial charge >= 0.3 is 12.3 Å². The van der Waals surface area contributed by atoms with Crippen LogP contribution in [0.15, 0.2) is 41.3 Å². The molecule has 0 saturated carbocycles. The normalized spacial score (nSPS) is 18.7. The lowest BCUT2D eigenvalue weighted by molar-refractivity contribution is -0.242. The zero-order chi connectivity index (χ0) is 31.8. The summed E-state index contributed by atoms with van der Waals surface area (Å²) in [5, 5.41) is 4.54. The Hall–Kier alpha value is -3.30. The number of nitrogens with zero attached hydrogens (tertiary/aromatic N) is 1. The van der Waals surface area contributed by atoms with Crippen molar-refractivity contribution >= 4 is 45.0 Å². The van der Waals surface area contributed by atoms with E-state index in [1.165, 1.54) is 18.2 Å². The molecule has 1 atom stereocenters. The van der Waals surface area contributed by atoms with Gasteiger partial charge in [0, 0.05) is 18.9 Å². The Balaban J connectivity index is 1.62. The number of anilines is 2. The number of hydrogen-bond donors (Lipinski definition) is 2. The Labute approximate surface area is 250 Å². The second-order valence-corrected chi connectivity index (χ2v) is 13.2. The molecule has 2 heterocycles. The fraction of sp³-hybridized carbons (Fsp3) is 0.481. The minimum Gasteiger partial charge on any atom is -0.484 e. The molecule has 43 heavy (non-hydrogen) atoms. The molecule has 2 amide bonds. The summed E-state index contributed by atoms with van der Waals surface area (Å²) in [4.78, 5) is 24.9. The first kappa shape index (κ1) is 32.6. The smallest absolute Gasteiger partial charge is 0.427 e. The van der Waals surface area contributed by atoms with Crippen molar-refractivity contribution in [1.29, 1.82) is 0 Å². The second-order valence-electron chi connectivity index (χ2n) is 10.9. The summed E-state index contributed by atoms with van der Waals surface area (Å²) in [6.07, 6.45) is -6.13. The Morgan fingerprint density at radius 3 is 2.44 bits per heavy atom. The molecule has 2 N–H and O–H groups in total. The van der Waals surface area contributed by atoms with Gasteiger partial charge in [0.25, 0.3) is 10.0 Å². The largest absolute Gasteiger partial charge is 0.484 e. The fourth-order valence-corrected chi connectivity index (χ4v) is 6.16. The lowest BCUT2D eigenvalue weighted by Gasteiger charge is -2.37. The number of ether oxygens (including phenoxy) is 3. The van der Waals surface area contributed by atoms with Crippen molar-refractivity contribution in [3.8, 4) is 5.75 Å². The molecule has 0 aromatic heterocycles. The van der Waals surface area contributed by atoms with Gasteiger partial charge in [0.1, 0.15) is 17.7 Å². The summed E-state index contributed by atoms with van der Waals surface area (Å²) in [6.45, 7) is 3.64. The van der Waals surface area contributed by atoms with Gasteiger partial charge in [0.05, 0.1) is 34.1 Å². The first-order chi connectivity index (χ1) is 19.9. The molecule has 0 bridgehead atoms. The van der Waals surface area contributed by atoms with Crippen LogP contribution >= 0.6 is 11.6 Å². The second kappa shape index (κ2) is 12.0. The zero-order valence-electron chi connectivity index (χ0n) is 23.4. The lowest BCUT2D eigenvalue weighted by atomic mass is 9.81. The summed E-state index contributed by atoms with van der Waals surface area (Å²) >= 11 is 5.85. The van der Waals surface area contributed by atoms with E-state index < -0.39 is 50.3 Å². The topological polar surface area (TPSA) is 123 Å². The molecule has 10 nitrogen and oxygen atoms in total. The molecule has 16 heteroatoms. The van der Waals surface area contributed by atoms with Gasteiger partial charge < -0.3 is 19.5 Å². The van der Waals surface area contributed by atoms with E-state index in [9.17, 15) is 35.6 Å². The fourth-order valence-electron chi connectivity index (χ4n) is 4.39. The van der Waals surface area contributed by atoms with Gasteiger partial charge in [0.2, 0.25) is 11.5 Å². The van der Waals surface area contributed by atoms with E-state index in [0.717, 1.165) is 22.5 Å². The van der Waals surface area contributed by atoms with Crippen molar-refractivity contribution < 1.29 is 49.8 Å². The molecule has 2 aromatic carbocycles. The molecule has 2 aromatic rings. The van der Waals surface area contributed by atoms with Crippen LogP contribution < -0.4 is 19.7 Å². The molecule has 0 spiro atoms. The van der Waals surface area contributed by atoms with E-state index in [1.807, 2.05) is 6.92 Å². The maximum absolute atomic E-state index is 13.8. The highest BCUT2D eigenvalue weighted by Gasteiger charge is 2.51. The quantitative estimate of drug-likeness (QED) is 0.392. The Kier molecular flexibility index (Phi) is 9.10. The van der Waals surface area contributed by atoms with E-state index in [2.05, 4.69) is 15.4 Å². The van der Waals surface area contributed by atoms with Crippen LogP contribution in [0, 0.1) is 11.2 Å². The first-order valence-electron chi connectivity index (χ1n) is 13.1. The first-order valence-corrected chi connectivity index (χ1v) is 15.0. The highest BCUT2D eigenvalue weighted by atomic mass is 35.5. The summed E-state index contributed by atoms with van der Waals surface area (Å²) in [6, 6.07) is 6.62. The number of carbonyl (C=O) groups excluding carboxylic acids is 2. The van der Waals surface area contributed by atoms with Crippen LogP contribution in [0.3, 0.4) is 0 Å². The Bertz CT molecular complexity index is 1500. The minimum atomic E-state index is -4.85. The molecule has 1 saturated heterocycles. The van der Waals surface area contributed by atoms with Gasteiger partial charge in [0.15, 0.2) is 0 Å². The Morgan fingerprint density at radius 2 is 1.81 bits per heavy atom. The van der Waals surface area contributed by atoms with Crippen LogP contribution in [0.25, 0.3) is 0 Å². The number of benzene rings is 2. The van der Waals surface area contributed by atoms with E-state index in [4.69, 9.17) is 21.1 Å². The predicted molar refractivity (Wildman–Crippen MR) is 148 cm³/mol. The number of rotatable bonds is 7. The van der Waals surface area contributed by atoms with Crippen molar-refractivity contribution in [2.45, 2.75) is 56.4 Å². The van der Waals surface area contributed by atoms with Gasteiger partial charge in [-0.05, 0) is 63.1 Å². The number of fused-ring (bicyclic) bond motifs is 1. The zero-order valence-corrected chi connectivity index (χ0v) is 25.0. The van der Waals surface area contributed by atoms with Gasteiger partial charge in [-0.3, -0.25) is 14.4 Å². The van der Waals surface area contributed by atoms with Crippen LogP contribution in [0.4, 0.5) is 33.7 Å². The van der Waals surface area contributed by atoms with Crippen molar-refractivity contribution in [3.05, 3.63) is 47.2 Å². The molecule has 0 aliphatic carbocycles. The van der Waals surface area contributed by atoms with Crippen molar-refractivity contribution in [1.82, 2.24) is 5.32 Å². The number of alkyl halides is 3. The highest BCUT2D eigenvalue weighted by Crippen LogP contribution is 2.40. The van der Waals surface area contributed by atoms with Gasteiger partial charge in [-0.15, -0.1) is 0 Å². The number of halogens is 5. The van der Waals surface area contributed by atoms with Gasteiger partial charge in [-0.2, -0.15) is 13.2 Å². The third kappa shape index (κ3) is 7.10. The molecule has 2 aliphatic heterocycles. The van der Waals surface area contributed by atoms with Crippen molar-refractivity contribution in [3.63, 3.8) is 0 Å². The maximum Gasteiger partial charge on any atom is 0.427 e. The summed E-state index contributed by atoms with van der Waals surface area (Å²) in [5.74, 6) is -1.05. The summed E-state index contributed by atoms with van der Waals surface area (Å²) in [5.41, 5.74) is -3.64. The highest BCUT2D eigenvalue weighted by molar-refractivity contribution is 7.92. The molecule has 1 fully saturated rings. The van der Waals surface area contributed by atoms with Crippen LogP contribution in [0.2, 0.25) is 5.02 Å². The monoisotopic (exact) mass is 651 g/mol. The van der Waals surface area contributed by atoms with Crippen molar-refractivity contribution in [2.24, 2.45) is 5.41 Å². The third-order valence-corrected chi connectivity index (χ3v) is 9.35.